The number of nitrogens with one attached hydrogen (secondary N) is 1. The van der Waals surface area contributed by atoms with Crippen molar-refractivity contribution in [1.82, 2.24) is 15.3 Å². The predicted octanol–water partition coefficient (Wildman–Crippen LogP) is 4.65. The van der Waals surface area contributed by atoms with Gasteiger partial charge in [-0.2, -0.15) is 0 Å². The van der Waals surface area contributed by atoms with Gasteiger partial charge in [-0.15, -0.1) is 11.3 Å². The van der Waals surface area contributed by atoms with Crippen LogP contribution in [0.4, 0.5) is 0 Å². The Morgan fingerprint density at radius 2 is 2.27 bits per heavy atom. The van der Waals surface area contributed by atoms with E-state index in [9.17, 15) is 9.90 Å². The minimum absolute atomic E-state index is 0.159. The zero-order chi connectivity index (χ0) is 21.3. The molecule has 0 amide bonds. The van der Waals surface area contributed by atoms with Crippen molar-refractivity contribution in [1.29, 1.82) is 0 Å². The highest BCUT2D eigenvalue weighted by Gasteiger charge is 2.48. The molecule has 1 fully saturated rings. The van der Waals surface area contributed by atoms with Crippen molar-refractivity contribution in [2.45, 2.75) is 44.2 Å². The van der Waals surface area contributed by atoms with E-state index in [2.05, 4.69) is 22.2 Å². The molecule has 8 heteroatoms. The first-order valence-electron chi connectivity index (χ1n) is 9.93. The van der Waals surface area contributed by atoms with E-state index >= 15 is 0 Å². The summed E-state index contributed by atoms with van der Waals surface area (Å²) in [6.45, 7) is 2.76. The Balaban J connectivity index is 1.48. The molecule has 0 bridgehead atoms. The van der Waals surface area contributed by atoms with E-state index in [4.69, 9.17) is 16.3 Å². The first kappa shape index (κ1) is 21.0. The van der Waals surface area contributed by atoms with E-state index in [1.165, 1.54) is 11.3 Å². The topological polar surface area (TPSA) is 84.3 Å². The zero-order valence-electron chi connectivity index (χ0n) is 16.9. The number of carboxylic acid groups (broad SMARTS) is 1. The van der Waals surface area contributed by atoms with Crippen LogP contribution in [0.3, 0.4) is 0 Å². The molecule has 158 valence electrons. The number of ether oxygens (including phenoxy) is 1. The number of aromatic nitrogens is 2. The lowest BCUT2D eigenvalue weighted by atomic mass is 9.67. The molecule has 3 atom stereocenters. The highest BCUT2D eigenvalue weighted by molar-refractivity contribution is 7.16. The fraction of sp³-hybridized carbons (Fsp3) is 0.409. The molecular formula is C22H24ClN3O3S. The van der Waals surface area contributed by atoms with Gasteiger partial charge in [-0.3, -0.25) is 4.79 Å². The van der Waals surface area contributed by atoms with Gasteiger partial charge in [0, 0.05) is 24.2 Å². The zero-order valence-corrected chi connectivity index (χ0v) is 18.5. The summed E-state index contributed by atoms with van der Waals surface area (Å²) in [6, 6.07) is 7.90. The van der Waals surface area contributed by atoms with Crippen LogP contribution in [0.2, 0.25) is 5.02 Å². The average Bonchev–Trinajstić information content (AvgIpc) is 3.20. The van der Waals surface area contributed by atoms with Crippen LogP contribution in [0.5, 0.6) is 5.75 Å². The first-order chi connectivity index (χ1) is 14.4. The van der Waals surface area contributed by atoms with Crippen LogP contribution in [0.25, 0.3) is 10.2 Å². The summed E-state index contributed by atoms with van der Waals surface area (Å²) in [5.41, 5.74) is 0.0219. The minimum Gasteiger partial charge on any atom is -0.495 e. The molecule has 1 aromatic carbocycles. The Morgan fingerprint density at radius 3 is 2.97 bits per heavy atom. The van der Waals surface area contributed by atoms with E-state index in [0.717, 1.165) is 22.2 Å². The molecule has 2 N–H and O–H groups in total. The average molecular weight is 446 g/mol. The molecule has 30 heavy (non-hydrogen) atoms. The van der Waals surface area contributed by atoms with Crippen LogP contribution < -0.4 is 10.1 Å². The highest BCUT2D eigenvalue weighted by atomic mass is 35.5. The fourth-order valence-electron chi connectivity index (χ4n) is 4.33. The normalized spacial score (nSPS) is 24.1. The maximum atomic E-state index is 12.4. The van der Waals surface area contributed by atoms with Crippen LogP contribution >= 0.6 is 22.9 Å². The Labute approximate surface area is 184 Å². The molecule has 3 unspecified atom stereocenters. The van der Waals surface area contributed by atoms with Crippen molar-refractivity contribution in [2.75, 3.05) is 7.11 Å². The summed E-state index contributed by atoms with van der Waals surface area (Å²) >= 11 is 7.73. The number of benzene rings is 1. The Kier molecular flexibility index (Phi) is 5.95. The molecule has 2 heterocycles. The van der Waals surface area contributed by atoms with Crippen molar-refractivity contribution in [2.24, 2.45) is 5.92 Å². The Hall–Kier alpha value is -2.22. The van der Waals surface area contributed by atoms with Gasteiger partial charge < -0.3 is 15.2 Å². The second kappa shape index (κ2) is 8.49. The van der Waals surface area contributed by atoms with Crippen molar-refractivity contribution < 1.29 is 14.6 Å². The van der Waals surface area contributed by atoms with Gasteiger partial charge in [0.25, 0.3) is 0 Å². The maximum Gasteiger partial charge on any atom is 0.317 e. The number of thiophene rings is 1. The standard InChI is InChI=1S/C22H24ClN3O3S/c1-13-10-22(21(27)28,20-25-12-15-6-8-30-19(15)26-20)7-5-17(13)24-11-14-3-4-18(29-2)16(23)9-14/h3-4,6,8-9,12-13,17,24H,5,7,10-11H2,1-2H3,(H,27,28). The fourth-order valence-corrected chi connectivity index (χ4v) is 5.35. The number of carboxylic acids is 1. The Morgan fingerprint density at radius 1 is 1.43 bits per heavy atom. The van der Waals surface area contributed by atoms with Gasteiger partial charge in [0.15, 0.2) is 0 Å². The lowest BCUT2D eigenvalue weighted by molar-refractivity contribution is -0.146. The van der Waals surface area contributed by atoms with Gasteiger partial charge in [0.2, 0.25) is 0 Å². The van der Waals surface area contributed by atoms with E-state index in [-0.39, 0.29) is 12.0 Å². The van der Waals surface area contributed by atoms with Crippen LogP contribution in [-0.4, -0.2) is 34.2 Å². The van der Waals surface area contributed by atoms with E-state index in [1.54, 1.807) is 13.3 Å². The van der Waals surface area contributed by atoms with Crippen molar-refractivity contribution in [3.63, 3.8) is 0 Å². The number of hydrogen-bond donors (Lipinski definition) is 2. The van der Waals surface area contributed by atoms with Crippen molar-refractivity contribution in [3.8, 4) is 5.75 Å². The smallest absolute Gasteiger partial charge is 0.317 e. The van der Waals surface area contributed by atoms with Crippen LogP contribution in [0, 0.1) is 5.92 Å². The molecule has 3 aromatic rings. The summed E-state index contributed by atoms with van der Waals surface area (Å²) in [5, 5.41) is 17.2. The number of methoxy groups -OCH3 is 1. The van der Waals surface area contributed by atoms with E-state index in [1.807, 2.05) is 29.6 Å². The third kappa shape index (κ3) is 3.89. The number of carbonyl (C=O) groups is 1. The summed E-state index contributed by atoms with van der Waals surface area (Å²) < 4.78 is 5.20. The predicted molar refractivity (Wildman–Crippen MR) is 118 cm³/mol. The van der Waals surface area contributed by atoms with Crippen molar-refractivity contribution in [3.05, 3.63) is 52.3 Å². The number of rotatable bonds is 6. The number of aliphatic carboxylic acids is 1. The molecule has 2 aromatic heterocycles. The first-order valence-corrected chi connectivity index (χ1v) is 11.2. The highest BCUT2D eigenvalue weighted by Crippen LogP contribution is 2.41. The second-order valence-corrected chi connectivity index (χ2v) is 9.24. The molecule has 1 saturated carbocycles. The Bertz CT molecular complexity index is 1070. The van der Waals surface area contributed by atoms with Crippen LogP contribution in [0.1, 0.15) is 37.6 Å². The van der Waals surface area contributed by atoms with Crippen LogP contribution in [-0.2, 0) is 16.8 Å². The summed E-state index contributed by atoms with van der Waals surface area (Å²) in [7, 11) is 1.59. The molecular weight excluding hydrogens is 422 g/mol. The van der Waals surface area contributed by atoms with Crippen LogP contribution in [0.15, 0.2) is 35.8 Å². The molecule has 0 saturated heterocycles. The number of hydrogen-bond acceptors (Lipinski definition) is 6. The van der Waals surface area contributed by atoms with Gasteiger partial charge in [0.05, 0.1) is 12.1 Å². The van der Waals surface area contributed by atoms with E-state index in [0.29, 0.717) is 36.0 Å². The molecule has 4 rings (SSSR count). The minimum atomic E-state index is -1.04. The molecule has 0 spiro atoms. The summed E-state index contributed by atoms with van der Waals surface area (Å²) in [5.74, 6) is 0.398. The largest absolute Gasteiger partial charge is 0.495 e. The maximum absolute atomic E-state index is 12.4. The van der Waals surface area contributed by atoms with Gasteiger partial charge in [0.1, 0.15) is 21.8 Å². The molecule has 1 aliphatic rings. The molecule has 0 radical (unpaired) electrons. The molecule has 0 aliphatic heterocycles. The molecule has 6 nitrogen and oxygen atoms in total. The third-order valence-corrected chi connectivity index (χ3v) is 7.19. The number of halogens is 1. The number of fused-ring (bicyclic) bond motifs is 1. The monoisotopic (exact) mass is 445 g/mol. The molecule has 1 aliphatic carbocycles. The lowest BCUT2D eigenvalue weighted by Crippen LogP contribution is -2.49. The SMILES string of the molecule is COc1ccc(CNC2CCC(C(=O)O)(c3ncc4ccsc4n3)CC2C)cc1Cl. The lowest BCUT2D eigenvalue weighted by Gasteiger charge is -2.40. The van der Waals surface area contributed by atoms with Gasteiger partial charge in [-0.1, -0.05) is 24.6 Å². The number of nitrogens with zero attached hydrogens (tertiary/aromatic N) is 2. The summed E-state index contributed by atoms with van der Waals surface area (Å²) in [6.07, 6.45) is 3.48. The third-order valence-electron chi connectivity index (χ3n) is 6.07. The van der Waals surface area contributed by atoms with Gasteiger partial charge >= 0.3 is 5.97 Å². The van der Waals surface area contributed by atoms with Gasteiger partial charge in [-0.05, 0) is 54.3 Å². The second-order valence-electron chi connectivity index (χ2n) is 7.94. The van der Waals surface area contributed by atoms with E-state index < -0.39 is 11.4 Å². The quantitative estimate of drug-likeness (QED) is 0.574. The van der Waals surface area contributed by atoms with Crippen molar-refractivity contribution >= 4 is 39.1 Å². The van der Waals surface area contributed by atoms with Gasteiger partial charge in [-0.25, -0.2) is 9.97 Å². The summed E-state index contributed by atoms with van der Waals surface area (Å²) in [4.78, 5) is 22.2.